The van der Waals surface area contributed by atoms with Crippen LogP contribution in [-0.4, -0.2) is 11.0 Å². The maximum Gasteiger partial charge on any atom is 0.126 e. The molecule has 2 nitrogen and oxygen atoms in total. The van der Waals surface area contributed by atoms with Gasteiger partial charge in [0.25, 0.3) is 0 Å². The standard InChI is InChI=1S/C16H28N2/c1-11(2)18-14-9-12(15(3,4)5)13(10-17-14)16(6,7)8/h9-11H,1-8H3,(H,17,18). The molecular weight excluding hydrogens is 220 g/mol. The molecule has 1 rings (SSSR count). The third kappa shape index (κ3) is 3.72. The fourth-order valence-corrected chi connectivity index (χ4v) is 2.05. The molecular formula is C16H28N2. The van der Waals surface area contributed by atoms with Gasteiger partial charge in [0.05, 0.1) is 0 Å². The summed E-state index contributed by atoms with van der Waals surface area (Å²) in [6.45, 7) is 17.8. The normalized spacial score (nSPS) is 12.9. The van der Waals surface area contributed by atoms with Crippen LogP contribution in [0.1, 0.15) is 66.5 Å². The zero-order valence-electron chi connectivity index (χ0n) is 13.2. The molecule has 102 valence electrons. The van der Waals surface area contributed by atoms with Crippen molar-refractivity contribution in [2.24, 2.45) is 0 Å². The number of rotatable bonds is 2. The van der Waals surface area contributed by atoms with Crippen LogP contribution in [0.15, 0.2) is 12.3 Å². The highest BCUT2D eigenvalue weighted by atomic mass is 15.0. The van der Waals surface area contributed by atoms with E-state index in [1.54, 1.807) is 0 Å². The number of hydrogen-bond acceptors (Lipinski definition) is 2. The first kappa shape index (κ1) is 15.0. The third-order valence-electron chi connectivity index (χ3n) is 2.96. The molecule has 0 spiro atoms. The Labute approximate surface area is 112 Å². The first-order valence-electron chi connectivity index (χ1n) is 6.79. The third-order valence-corrected chi connectivity index (χ3v) is 2.96. The fraction of sp³-hybridized carbons (Fsp3) is 0.688. The van der Waals surface area contributed by atoms with Crippen LogP contribution in [0.5, 0.6) is 0 Å². The topological polar surface area (TPSA) is 24.9 Å². The van der Waals surface area contributed by atoms with Gasteiger partial charge in [-0.05, 0) is 41.9 Å². The molecule has 2 heteroatoms. The quantitative estimate of drug-likeness (QED) is 0.833. The Morgan fingerprint density at radius 3 is 1.83 bits per heavy atom. The van der Waals surface area contributed by atoms with Gasteiger partial charge in [-0.1, -0.05) is 41.5 Å². The van der Waals surface area contributed by atoms with Crippen LogP contribution in [0.2, 0.25) is 0 Å². The molecule has 0 aliphatic carbocycles. The van der Waals surface area contributed by atoms with E-state index in [1.807, 2.05) is 6.20 Å². The molecule has 0 saturated carbocycles. The maximum atomic E-state index is 4.55. The van der Waals surface area contributed by atoms with Crippen LogP contribution in [0.25, 0.3) is 0 Å². The Hall–Kier alpha value is -1.05. The van der Waals surface area contributed by atoms with Gasteiger partial charge < -0.3 is 5.32 Å². The highest BCUT2D eigenvalue weighted by molar-refractivity contribution is 5.46. The summed E-state index contributed by atoms with van der Waals surface area (Å²) in [6, 6.07) is 2.62. The first-order chi connectivity index (χ1) is 8.01. The second-order valence-corrected chi connectivity index (χ2v) is 7.41. The average molecular weight is 248 g/mol. The lowest BCUT2D eigenvalue weighted by molar-refractivity contribution is 0.528. The molecule has 0 unspecified atom stereocenters. The van der Waals surface area contributed by atoms with Gasteiger partial charge in [-0.3, -0.25) is 0 Å². The van der Waals surface area contributed by atoms with E-state index < -0.39 is 0 Å². The Bertz CT molecular complexity index is 406. The summed E-state index contributed by atoms with van der Waals surface area (Å²) in [5.74, 6) is 0.975. The Morgan fingerprint density at radius 2 is 1.44 bits per heavy atom. The smallest absolute Gasteiger partial charge is 0.126 e. The number of anilines is 1. The van der Waals surface area contributed by atoms with Crippen molar-refractivity contribution < 1.29 is 0 Å². The van der Waals surface area contributed by atoms with Gasteiger partial charge >= 0.3 is 0 Å². The van der Waals surface area contributed by atoms with Crippen LogP contribution in [-0.2, 0) is 10.8 Å². The first-order valence-corrected chi connectivity index (χ1v) is 6.79. The second-order valence-electron chi connectivity index (χ2n) is 7.41. The monoisotopic (exact) mass is 248 g/mol. The Morgan fingerprint density at radius 1 is 0.944 bits per heavy atom. The van der Waals surface area contributed by atoms with Crippen LogP contribution in [0.4, 0.5) is 5.82 Å². The minimum absolute atomic E-state index is 0.131. The van der Waals surface area contributed by atoms with E-state index in [0.717, 1.165) is 5.82 Å². The molecule has 1 heterocycles. The molecule has 18 heavy (non-hydrogen) atoms. The number of nitrogens with zero attached hydrogens (tertiary/aromatic N) is 1. The molecule has 0 bridgehead atoms. The predicted octanol–water partition coefficient (Wildman–Crippen LogP) is 4.50. The molecule has 0 aliphatic heterocycles. The number of nitrogens with one attached hydrogen (secondary N) is 1. The predicted molar refractivity (Wildman–Crippen MR) is 80.4 cm³/mol. The fourth-order valence-electron chi connectivity index (χ4n) is 2.05. The lowest BCUT2D eigenvalue weighted by Crippen LogP contribution is -2.23. The molecule has 0 aliphatic rings. The number of hydrogen-bond donors (Lipinski definition) is 1. The van der Waals surface area contributed by atoms with Crippen molar-refractivity contribution in [2.45, 2.75) is 72.3 Å². The van der Waals surface area contributed by atoms with Crippen LogP contribution < -0.4 is 5.32 Å². The van der Waals surface area contributed by atoms with Gasteiger partial charge in [0.15, 0.2) is 0 Å². The molecule has 1 aromatic rings. The van der Waals surface area contributed by atoms with Crippen molar-refractivity contribution in [3.05, 3.63) is 23.4 Å². The van der Waals surface area contributed by atoms with Crippen molar-refractivity contribution in [1.82, 2.24) is 4.98 Å². The van der Waals surface area contributed by atoms with Crippen LogP contribution in [0, 0.1) is 0 Å². The molecule has 1 aromatic heterocycles. The van der Waals surface area contributed by atoms with E-state index >= 15 is 0 Å². The zero-order valence-corrected chi connectivity index (χ0v) is 13.2. The van der Waals surface area contributed by atoms with Crippen molar-refractivity contribution in [3.8, 4) is 0 Å². The molecule has 0 amide bonds. The van der Waals surface area contributed by atoms with Gasteiger partial charge in [-0.15, -0.1) is 0 Å². The van der Waals surface area contributed by atoms with E-state index in [2.05, 4.69) is 71.8 Å². The zero-order chi connectivity index (χ0) is 14.1. The van der Waals surface area contributed by atoms with E-state index in [1.165, 1.54) is 11.1 Å². The van der Waals surface area contributed by atoms with E-state index in [9.17, 15) is 0 Å². The largest absolute Gasteiger partial charge is 0.368 e. The van der Waals surface area contributed by atoms with Crippen molar-refractivity contribution in [1.29, 1.82) is 0 Å². The molecule has 0 aromatic carbocycles. The summed E-state index contributed by atoms with van der Waals surface area (Å²) in [5.41, 5.74) is 2.99. The van der Waals surface area contributed by atoms with Crippen molar-refractivity contribution in [2.75, 3.05) is 5.32 Å². The van der Waals surface area contributed by atoms with Crippen molar-refractivity contribution in [3.63, 3.8) is 0 Å². The SMILES string of the molecule is CC(C)Nc1cc(C(C)(C)C)c(C(C)(C)C)cn1. The molecule has 0 fully saturated rings. The average Bonchev–Trinajstić information content (AvgIpc) is 2.13. The van der Waals surface area contributed by atoms with Crippen LogP contribution >= 0.6 is 0 Å². The lowest BCUT2D eigenvalue weighted by atomic mass is 9.76. The molecule has 0 saturated heterocycles. The highest BCUT2D eigenvalue weighted by Crippen LogP contribution is 2.34. The van der Waals surface area contributed by atoms with Gasteiger partial charge in [0, 0.05) is 12.2 Å². The summed E-state index contributed by atoms with van der Waals surface area (Å²) in [4.78, 5) is 4.55. The van der Waals surface area contributed by atoms with E-state index in [4.69, 9.17) is 0 Å². The van der Waals surface area contributed by atoms with Gasteiger partial charge in [0.2, 0.25) is 0 Å². The maximum absolute atomic E-state index is 4.55. The highest BCUT2D eigenvalue weighted by Gasteiger charge is 2.25. The number of pyridine rings is 1. The molecule has 0 atom stereocenters. The van der Waals surface area contributed by atoms with Crippen LogP contribution in [0.3, 0.4) is 0 Å². The molecule has 0 radical (unpaired) electrons. The summed E-state index contributed by atoms with van der Waals surface area (Å²) >= 11 is 0. The lowest BCUT2D eigenvalue weighted by Gasteiger charge is -2.30. The molecule has 1 N–H and O–H groups in total. The van der Waals surface area contributed by atoms with E-state index in [0.29, 0.717) is 6.04 Å². The minimum atomic E-state index is 0.131. The van der Waals surface area contributed by atoms with Crippen molar-refractivity contribution >= 4 is 5.82 Å². The summed E-state index contributed by atoms with van der Waals surface area (Å²) < 4.78 is 0. The second kappa shape index (κ2) is 4.91. The number of aromatic nitrogens is 1. The van der Waals surface area contributed by atoms with Gasteiger partial charge in [-0.25, -0.2) is 4.98 Å². The van der Waals surface area contributed by atoms with E-state index in [-0.39, 0.29) is 10.8 Å². The van der Waals surface area contributed by atoms with Gasteiger partial charge in [-0.2, -0.15) is 0 Å². The summed E-state index contributed by atoms with van der Waals surface area (Å²) in [5, 5.41) is 3.38. The Balaban J connectivity index is 3.31. The summed E-state index contributed by atoms with van der Waals surface area (Å²) in [6.07, 6.45) is 2.03. The minimum Gasteiger partial charge on any atom is -0.368 e. The summed E-state index contributed by atoms with van der Waals surface area (Å²) in [7, 11) is 0. The Kier molecular flexibility index (Phi) is 4.09. The van der Waals surface area contributed by atoms with Gasteiger partial charge in [0.1, 0.15) is 5.82 Å².